The summed E-state index contributed by atoms with van der Waals surface area (Å²) in [6.07, 6.45) is 1.07. The highest BCUT2D eigenvalue weighted by Crippen LogP contribution is 2.49. The molecule has 0 spiro atoms. The fraction of sp³-hybridized carbons (Fsp3) is 0.471. The van der Waals surface area contributed by atoms with Crippen molar-refractivity contribution in [3.63, 3.8) is 0 Å². The average molecular weight is 317 g/mol. The molecule has 4 N–H and O–H groups in total. The molecule has 4 atom stereocenters. The molecule has 6 heteroatoms. The van der Waals surface area contributed by atoms with Gasteiger partial charge in [-0.2, -0.15) is 0 Å². The van der Waals surface area contributed by atoms with Crippen LogP contribution in [0.4, 0.5) is 0 Å². The highest BCUT2D eigenvalue weighted by molar-refractivity contribution is 6.21. The molecule has 0 aromatic carbocycles. The number of aliphatic hydroxyl groups is 2. The molecule has 0 saturated heterocycles. The maximum atomic E-state index is 12.8. The van der Waals surface area contributed by atoms with Crippen LogP contribution in [0.3, 0.4) is 0 Å². The number of carbonyl (C=O) groups excluding carboxylic acids is 3. The van der Waals surface area contributed by atoms with E-state index in [9.17, 15) is 24.6 Å². The Balaban J connectivity index is 2.11. The Hall–Kier alpha value is -2.37. The number of primary amides is 1. The molecule has 0 heterocycles. The lowest BCUT2D eigenvalue weighted by atomic mass is 9.61. The third kappa shape index (κ3) is 2.12. The van der Waals surface area contributed by atoms with E-state index in [2.05, 4.69) is 6.58 Å². The summed E-state index contributed by atoms with van der Waals surface area (Å²) in [6, 6.07) is 0. The van der Waals surface area contributed by atoms with Gasteiger partial charge in [-0.25, -0.2) is 0 Å². The second-order valence-corrected chi connectivity index (χ2v) is 6.67. The molecular weight excluding hydrogens is 298 g/mol. The van der Waals surface area contributed by atoms with Crippen LogP contribution < -0.4 is 5.73 Å². The van der Waals surface area contributed by atoms with Crippen LogP contribution in [0.25, 0.3) is 0 Å². The Morgan fingerprint density at radius 3 is 2.48 bits per heavy atom. The summed E-state index contributed by atoms with van der Waals surface area (Å²) in [5.41, 5.74) is 5.82. The van der Waals surface area contributed by atoms with Gasteiger partial charge in [0.25, 0.3) is 5.91 Å². The third-order valence-electron chi connectivity index (χ3n) is 5.35. The summed E-state index contributed by atoms with van der Waals surface area (Å²) in [5, 5.41) is 20.6. The molecular formula is C17H19NO5. The van der Waals surface area contributed by atoms with Crippen molar-refractivity contribution in [1.29, 1.82) is 0 Å². The molecule has 0 radical (unpaired) electrons. The number of aliphatic hydroxyl groups excluding tert-OH is 2. The zero-order valence-electron chi connectivity index (χ0n) is 12.8. The molecule has 1 amide bonds. The van der Waals surface area contributed by atoms with Gasteiger partial charge < -0.3 is 15.9 Å². The first-order valence-electron chi connectivity index (χ1n) is 7.65. The van der Waals surface area contributed by atoms with E-state index in [-0.39, 0.29) is 29.9 Å². The Labute approximate surface area is 133 Å². The molecule has 0 bridgehead atoms. The zero-order valence-corrected chi connectivity index (χ0v) is 12.8. The van der Waals surface area contributed by atoms with E-state index in [1.54, 1.807) is 6.92 Å². The average Bonchev–Trinajstić information content (AvgIpc) is 2.43. The first-order chi connectivity index (χ1) is 10.7. The van der Waals surface area contributed by atoms with E-state index in [1.165, 1.54) is 0 Å². The molecule has 122 valence electrons. The van der Waals surface area contributed by atoms with Crippen molar-refractivity contribution in [2.75, 3.05) is 0 Å². The second-order valence-electron chi connectivity index (χ2n) is 6.67. The highest BCUT2D eigenvalue weighted by Gasteiger charge is 2.50. The summed E-state index contributed by atoms with van der Waals surface area (Å²) >= 11 is 0. The fourth-order valence-corrected chi connectivity index (χ4v) is 4.09. The van der Waals surface area contributed by atoms with Crippen molar-refractivity contribution >= 4 is 17.5 Å². The molecule has 0 aromatic rings. The maximum Gasteiger partial charge on any atom is 0.255 e. The van der Waals surface area contributed by atoms with Crippen molar-refractivity contribution < 1.29 is 24.6 Å². The quantitative estimate of drug-likeness (QED) is 0.500. The van der Waals surface area contributed by atoms with Gasteiger partial charge in [-0.3, -0.25) is 14.4 Å². The van der Waals surface area contributed by atoms with Crippen LogP contribution >= 0.6 is 0 Å². The fourth-order valence-electron chi connectivity index (χ4n) is 4.09. The van der Waals surface area contributed by atoms with Gasteiger partial charge in [0.05, 0.1) is 5.92 Å². The number of rotatable bonds is 1. The Kier molecular flexibility index (Phi) is 3.43. The van der Waals surface area contributed by atoms with Crippen molar-refractivity contribution in [3.05, 3.63) is 34.8 Å². The largest absolute Gasteiger partial charge is 0.511 e. The number of fused-ring (bicyclic) bond motifs is 2. The lowest BCUT2D eigenvalue weighted by Crippen LogP contribution is -2.44. The number of ketones is 2. The van der Waals surface area contributed by atoms with E-state index in [4.69, 9.17) is 5.73 Å². The number of carbonyl (C=O) groups is 3. The molecule has 6 nitrogen and oxygen atoms in total. The number of allylic oxidation sites excluding steroid dienone is 3. The van der Waals surface area contributed by atoms with Gasteiger partial charge >= 0.3 is 0 Å². The molecule has 4 unspecified atom stereocenters. The van der Waals surface area contributed by atoms with Crippen LogP contribution in [-0.2, 0) is 14.4 Å². The maximum absolute atomic E-state index is 12.8. The standard InChI is InChI=1S/C17H19NO5/c1-6-3-8-4-9-5-10(19)13(17(18)23)16(22)12(9)15(21)11(8)14(20)7(6)2/h7-9,12,20,22H,1,3-5H2,2H3,(H2,18,23). The van der Waals surface area contributed by atoms with Crippen molar-refractivity contribution in [3.8, 4) is 0 Å². The predicted molar refractivity (Wildman–Crippen MR) is 81.1 cm³/mol. The summed E-state index contributed by atoms with van der Waals surface area (Å²) < 4.78 is 0. The van der Waals surface area contributed by atoms with E-state index in [0.717, 1.165) is 5.57 Å². The SMILES string of the molecule is C=C1CC2CC3CC(=O)C(C(N)=O)=C(O)C3C(=O)C2=C(O)C1C. The molecule has 1 saturated carbocycles. The molecule has 3 aliphatic rings. The van der Waals surface area contributed by atoms with Gasteiger partial charge in [0, 0.05) is 17.9 Å². The zero-order chi connectivity index (χ0) is 17.0. The van der Waals surface area contributed by atoms with Gasteiger partial charge in [-0.05, 0) is 24.7 Å². The van der Waals surface area contributed by atoms with E-state index >= 15 is 0 Å². The van der Waals surface area contributed by atoms with E-state index < -0.39 is 34.7 Å². The van der Waals surface area contributed by atoms with Crippen LogP contribution in [0, 0.1) is 23.7 Å². The normalized spacial score (nSPS) is 34.4. The predicted octanol–water partition coefficient (Wildman–Crippen LogP) is 1.49. The summed E-state index contributed by atoms with van der Waals surface area (Å²) in [6.45, 7) is 5.71. The minimum absolute atomic E-state index is 0.00527. The van der Waals surface area contributed by atoms with Gasteiger partial charge in [0.1, 0.15) is 17.1 Å². The summed E-state index contributed by atoms with van der Waals surface area (Å²) in [7, 11) is 0. The van der Waals surface area contributed by atoms with Gasteiger partial charge in [0.15, 0.2) is 11.6 Å². The first-order valence-corrected chi connectivity index (χ1v) is 7.65. The Morgan fingerprint density at radius 1 is 1.22 bits per heavy atom. The van der Waals surface area contributed by atoms with Crippen LogP contribution in [0.15, 0.2) is 34.8 Å². The van der Waals surface area contributed by atoms with Crippen molar-refractivity contribution in [1.82, 2.24) is 0 Å². The minimum atomic E-state index is -1.02. The van der Waals surface area contributed by atoms with E-state index in [0.29, 0.717) is 18.4 Å². The van der Waals surface area contributed by atoms with Crippen LogP contribution in [0.2, 0.25) is 0 Å². The number of nitrogens with two attached hydrogens (primary N) is 1. The Morgan fingerprint density at radius 2 is 1.87 bits per heavy atom. The lowest BCUT2D eigenvalue weighted by Gasteiger charge is -2.42. The first kappa shape index (κ1) is 15.5. The molecule has 3 aliphatic carbocycles. The molecule has 1 fully saturated rings. The van der Waals surface area contributed by atoms with Crippen LogP contribution in [0.1, 0.15) is 26.2 Å². The number of Topliss-reactive ketones (excluding diaryl/α,β-unsaturated/α-hetero) is 2. The topological polar surface area (TPSA) is 118 Å². The lowest BCUT2D eigenvalue weighted by molar-refractivity contribution is -0.127. The van der Waals surface area contributed by atoms with Gasteiger partial charge in [0.2, 0.25) is 0 Å². The van der Waals surface area contributed by atoms with Crippen LogP contribution in [0.5, 0.6) is 0 Å². The van der Waals surface area contributed by atoms with Crippen molar-refractivity contribution in [2.45, 2.75) is 26.2 Å². The minimum Gasteiger partial charge on any atom is -0.511 e. The number of amides is 1. The monoisotopic (exact) mass is 317 g/mol. The van der Waals surface area contributed by atoms with Crippen LogP contribution in [-0.4, -0.2) is 27.7 Å². The van der Waals surface area contributed by atoms with Gasteiger partial charge in [-0.15, -0.1) is 0 Å². The highest BCUT2D eigenvalue weighted by atomic mass is 16.3. The van der Waals surface area contributed by atoms with E-state index in [1.807, 2.05) is 0 Å². The molecule has 0 aliphatic heterocycles. The van der Waals surface area contributed by atoms with Crippen molar-refractivity contribution in [2.24, 2.45) is 29.4 Å². The Bertz CT molecular complexity index is 714. The second kappa shape index (κ2) is 5.08. The summed E-state index contributed by atoms with van der Waals surface area (Å²) in [4.78, 5) is 36.3. The van der Waals surface area contributed by atoms with Gasteiger partial charge in [-0.1, -0.05) is 19.1 Å². The number of hydrogen-bond donors (Lipinski definition) is 3. The molecule has 23 heavy (non-hydrogen) atoms. The summed E-state index contributed by atoms with van der Waals surface area (Å²) in [5.74, 6) is -4.36. The third-order valence-corrected chi connectivity index (χ3v) is 5.35. The smallest absolute Gasteiger partial charge is 0.255 e. The number of hydrogen-bond acceptors (Lipinski definition) is 5. The molecule has 3 rings (SSSR count). The molecule has 0 aromatic heterocycles.